The van der Waals surface area contributed by atoms with Crippen LogP contribution >= 0.6 is 0 Å². The maximum absolute atomic E-state index is 19.5. The Labute approximate surface area is 572 Å². The van der Waals surface area contributed by atoms with Gasteiger partial charge in [0.25, 0.3) is 0 Å². The number of rotatable bonds is 9. The molecule has 458 valence electrons. The van der Waals surface area contributed by atoms with Crippen molar-refractivity contribution in [3.05, 3.63) is 364 Å². The van der Waals surface area contributed by atoms with E-state index in [2.05, 4.69) is 378 Å². The summed E-state index contributed by atoms with van der Waals surface area (Å²) >= 11 is -5.18. The second-order valence-corrected chi connectivity index (χ2v) is 43.8. The first-order chi connectivity index (χ1) is 48.5. The molecule has 0 atom stereocenters. The maximum atomic E-state index is 19.5. The first kappa shape index (κ1) is 55.9. The number of benzene rings is 15. The minimum atomic E-state index is -5.18. The molecule has 0 saturated carbocycles. The van der Waals surface area contributed by atoms with E-state index in [0.717, 1.165) is 46.7 Å². The molecule has 0 saturated heterocycles. The molecular weight excluding hydrogens is 1300 g/mol. The zero-order valence-corrected chi connectivity index (χ0v) is 58.2. The fraction of sp³-hybridized carbons (Fsp3) is 0. The van der Waals surface area contributed by atoms with Crippen LogP contribution in [0.3, 0.4) is 0 Å². The van der Waals surface area contributed by atoms with E-state index in [1.807, 2.05) is 0 Å². The molecule has 0 aliphatic carbocycles. The van der Waals surface area contributed by atoms with Crippen LogP contribution in [0, 0.1) is 0 Å². The normalized spacial score (nSPS) is 14.4. The van der Waals surface area contributed by atoms with Gasteiger partial charge < -0.3 is 0 Å². The van der Waals surface area contributed by atoms with E-state index < -0.39 is 37.7 Å². The van der Waals surface area contributed by atoms with Gasteiger partial charge in [-0.15, -0.1) is 0 Å². The van der Waals surface area contributed by atoms with Crippen LogP contribution in [0.1, 0.15) is 0 Å². The van der Waals surface area contributed by atoms with Crippen LogP contribution in [-0.4, -0.2) is 51.4 Å². The van der Waals surface area contributed by atoms with Crippen LogP contribution in [0.2, 0.25) is 0 Å². The Hall–Kier alpha value is -11.3. The van der Waals surface area contributed by atoms with E-state index in [9.17, 15) is 0 Å². The third-order valence-electron chi connectivity index (χ3n) is 22.5. The van der Waals surface area contributed by atoms with Crippen molar-refractivity contribution in [2.75, 3.05) is 0 Å². The Morgan fingerprint density at radius 1 is 0.204 bits per heavy atom. The van der Waals surface area contributed by atoms with E-state index >= 15 is 3.74 Å². The molecule has 18 aromatic rings. The van der Waals surface area contributed by atoms with Crippen molar-refractivity contribution in [2.24, 2.45) is 0 Å². The van der Waals surface area contributed by atoms with Gasteiger partial charge in [-0.05, 0) is 0 Å². The van der Waals surface area contributed by atoms with Crippen LogP contribution < -0.4 is 75.3 Å². The number of nitrogens with zero attached hydrogens (tertiary/aromatic N) is 3. The molecule has 3 aromatic heterocycles. The van der Waals surface area contributed by atoms with Crippen molar-refractivity contribution in [2.45, 2.75) is 0 Å². The van der Waals surface area contributed by atoms with Crippen molar-refractivity contribution < 1.29 is 3.74 Å². The van der Waals surface area contributed by atoms with Crippen LogP contribution in [0.5, 0.6) is 0 Å². The van der Waals surface area contributed by atoms with Gasteiger partial charge in [0.1, 0.15) is 0 Å². The van der Waals surface area contributed by atoms with E-state index in [1.165, 1.54) is 111 Å². The Bertz CT molecular complexity index is 5670. The number of hydrogen-bond donors (Lipinski definition) is 0. The average molecular weight is 1360 g/mol. The zero-order chi connectivity index (χ0) is 64.5. The van der Waals surface area contributed by atoms with Gasteiger partial charge in [0.2, 0.25) is 0 Å². The van der Waals surface area contributed by atoms with E-state index in [-0.39, 0.29) is 0 Å². The molecule has 0 bridgehead atoms. The standard InChI is InChI=1S/C90H60AsN3OSi3/c95-91(61-52-55-82-79(58-61)92-76-46-22-19-40-70(76)73-43-25-49-85(88(73)92)96(82,64-28-7-1-8-29-64)65-30-9-2-10-31-65,62-53-56-83-80(59-62)93-77-47-23-20-41-71(77)74-44-26-50-86(89(74)93)97(83,66-32-11-3-12-33-66)67-34-13-4-14-35-67)63-54-57-84-81(60-63)94-78-48-24-21-42-72(78)75-45-27-51-87(90(75)94)98(84,68-36-15-5-16-37-68)69-38-17-6-18-39-69/h1-60H. The molecule has 6 heterocycles. The summed E-state index contributed by atoms with van der Waals surface area (Å²) in [6.07, 6.45) is 0. The van der Waals surface area contributed by atoms with Gasteiger partial charge in [0.15, 0.2) is 0 Å². The predicted molar refractivity (Wildman–Crippen MR) is 419 cm³/mol. The number of fused-ring (bicyclic) bond motifs is 15. The second kappa shape index (κ2) is 20.9. The fourth-order valence-electron chi connectivity index (χ4n) is 18.7. The molecule has 98 heavy (non-hydrogen) atoms. The molecule has 15 aromatic carbocycles. The van der Waals surface area contributed by atoms with Crippen molar-refractivity contribution in [1.82, 2.24) is 13.7 Å². The van der Waals surface area contributed by atoms with Crippen molar-refractivity contribution in [1.29, 1.82) is 0 Å². The molecular formula is C90H60AsN3OSi3. The molecule has 4 nitrogen and oxygen atoms in total. The van der Waals surface area contributed by atoms with Gasteiger partial charge in [-0.3, -0.25) is 0 Å². The van der Waals surface area contributed by atoms with Crippen molar-refractivity contribution >= 4 is 178 Å². The molecule has 0 fully saturated rings. The van der Waals surface area contributed by atoms with Crippen LogP contribution in [0.4, 0.5) is 0 Å². The summed E-state index contributed by atoms with van der Waals surface area (Å²) < 4.78 is 29.7. The molecule has 3 aliphatic heterocycles. The summed E-state index contributed by atoms with van der Waals surface area (Å²) in [7, 11) is -9.51. The van der Waals surface area contributed by atoms with Crippen LogP contribution in [-0.2, 0) is 3.74 Å². The SMILES string of the molecule is O=[As](c1ccc2c(c1)-n1c3ccccc3c3cccc(c31)[Si]2(c1ccccc1)c1ccccc1)(c1ccc2c(c1)-n1c3ccccc3c3cccc(c31)[Si]2(c1ccccc1)c1ccccc1)c1ccc2c(c1)-n1c3ccccc3c3cccc(c31)[Si]2(c1ccccc1)c1ccccc1. The van der Waals surface area contributed by atoms with Crippen molar-refractivity contribution in [3.63, 3.8) is 0 Å². The zero-order valence-electron chi connectivity index (χ0n) is 53.3. The molecule has 0 amide bonds. The summed E-state index contributed by atoms with van der Waals surface area (Å²) in [5, 5.41) is 23.0. The Morgan fingerprint density at radius 3 is 0.684 bits per heavy atom. The number of para-hydroxylation sites is 6. The van der Waals surface area contributed by atoms with Gasteiger partial charge >= 0.3 is 577 Å². The molecule has 21 rings (SSSR count). The molecule has 0 N–H and O–H groups in total. The van der Waals surface area contributed by atoms with Gasteiger partial charge in [0, 0.05) is 0 Å². The third-order valence-corrected chi connectivity index (χ3v) is 43.4. The Morgan fingerprint density at radius 2 is 0.429 bits per heavy atom. The third kappa shape index (κ3) is 7.12. The summed E-state index contributed by atoms with van der Waals surface area (Å²) in [5.74, 6) is 0. The first-order valence-electron chi connectivity index (χ1n) is 34.0. The van der Waals surface area contributed by atoms with E-state index in [4.69, 9.17) is 0 Å². The summed E-state index contributed by atoms with van der Waals surface area (Å²) in [5.41, 5.74) is 10.3. The van der Waals surface area contributed by atoms with Gasteiger partial charge in [-0.1, -0.05) is 0 Å². The molecule has 0 spiro atoms. The quantitative estimate of drug-likeness (QED) is 0.133. The molecule has 8 heteroatoms. The summed E-state index contributed by atoms with van der Waals surface area (Å²) in [6, 6.07) is 137. The van der Waals surface area contributed by atoms with E-state index in [0.29, 0.717) is 0 Å². The second-order valence-electron chi connectivity index (χ2n) is 26.8. The van der Waals surface area contributed by atoms with Crippen LogP contribution in [0.15, 0.2) is 364 Å². The van der Waals surface area contributed by atoms with Gasteiger partial charge in [-0.2, -0.15) is 0 Å². The molecule has 0 radical (unpaired) electrons. The Balaban J connectivity index is 0.926. The molecule has 0 unspecified atom stereocenters. The number of hydrogen-bond acceptors (Lipinski definition) is 1. The molecule has 3 aliphatic rings. The topological polar surface area (TPSA) is 31.9 Å². The minimum absolute atomic E-state index is 0.845. The van der Waals surface area contributed by atoms with E-state index in [1.54, 1.807) is 0 Å². The Kier molecular flexibility index (Phi) is 11.9. The summed E-state index contributed by atoms with van der Waals surface area (Å²) in [6.45, 7) is 0. The fourth-order valence-corrected chi connectivity index (χ4v) is 39.6. The van der Waals surface area contributed by atoms with Crippen LogP contribution in [0.25, 0.3) is 82.5 Å². The summed E-state index contributed by atoms with van der Waals surface area (Å²) in [4.78, 5) is 0. The van der Waals surface area contributed by atoms with Crippen molar-refractivity contribution in [3.8, 4) is 17.1 Å². The monoisotopic (exact) mass is 1360 g/mol. The van der Waals surface area contributed by atoms with Gasteiger partial charge in [0.05, 0.1) is 0 Å². The average Bonchev–Trinajstić information content (AvgIpc) is 1.33. The number of aromatic nitrogens is 3. The predicted octanol–water partition coefficient (Wildman–Crippen LogP) is 10.4. The first-order valence-corrected chi connectivity index (χ1v) is 43.6. The van der Waals surface area contributed by atoms with Gasteiger partial charge in [-0.25, -0.2) is 0 Å².